The van der Waals surface area contributed by atoms with Gasteiger partial charge in [0.05, 0.1) is 18.0 Å². The molecule has 3 aromatic rings. The summed E-state index contributed by atoms with van der Waals surface area (Å²) >= 11 is 1.33. The Morgan fingerprint density at radius 3 is 2.16 bits per heavy atom. The van der Waals surface area contributed by atoms with Crippen LogP contribution in [0.25, 0.3) is 0 Å². The third kappa shape index (κ3) is 4.92. The number of carbonyl (C=O) groups is 3. The molecule has 1 fully saturated rings. The van der Waals surface area contributed by atoms with Crippen LogP contribution in [-0.4, -0.2) is 30.2 Å². The average molecular weight is 448 g/mol. The highest BCUT2D eigenvalue weighted by atomic mass is 32.2. The van der Waals surface area contributed by atoms with Crippen LogP contribution < -0.4 is 20.3 Å². The molecule has 0 radical (unpaired) electrons. The molecule has 4 amide bonds. The number of carbonyl (C=O) groups excluding carboxylic acids is 3. The number of ether oxygens (including phenoxy) is 1. The molecular weight excluding hydrogens is 426 g/mol. The fourth-order valence-corrected chi connectivity index (χ4v) is 4.35. The van der Waals surface area contributed by atoms with E-state index >= 15 is 0 Å². The van der Waals surface area contributed by atoms with E-state index in [0.29, 0.717) is 22.8 Å². The molecule has 1 atom stereocenters. The summed E-state index contributed by atoms with van der Waals surface area (Å²) in [5.74, 6) is 0.188. The van der Waals surface area contributed by atoms with Gasteiger partial charge in [0, 0.05) is 22.7 Å². The average Bonchev–Trinajstić information content (AvgIpc) is 3.08. The Bertz CT molecular complexity index is 1120. The molecule has 0 unspecified atom stereocenters. The number of para-hydroxylation sites is 1. The van der Waals surface area contributed by atoms with Gasteiger partial charge < -0.3 is 15.4 Å². The van der Waals surface area contributed by atoms with Gasteiger partial charge in [-0.1, -0.05) is 18.2 Å². The number of benzene rings is 3. The van der Waals surface area contributed by atoms with Crippen molar-refractivity contribution in [2.75, 3.05) is 22.6 Å². The van der Waals surface area contributed by atoms with Crippen LogP contribution in [0.15, 0.2) is 83.8 Å². The first-order chi connectivity index (χ1) is 15.5. The lowest BCUT2D eigenvalue weighted by molar-refractivity contribution is -0.121. The predicted molar refractivity (Wildman–Crippen MR) is 125 cm³/mol. The predicted octanol–water partition coefficient (Wildman–Crippen LogP) is 4.76. The normalized spacial score (nSPS) is 15.5. The molecule has 0 aliphatic carbocycles. The molecule has 1 saturated heterocycles. The SMILES string of the molecule is COc1ccc(N2C(=O)C[C@@H](Sc3ccc(NC(=O)Nc4ccccc4)cc3)C2=O)cc1. The highest BCUT2D eigenvalue weighted by Gasteiger charge is 2.40. The van der Waals surface area contributed by atoms with E-state index in [0.717, 1.165) is 4.90 Å². The van der Waals surface area contributed by atoms with Crippen molar-refractivity contribution in [3.05, 3.63) is 78.9 Å². The zero-order valence-corrected chi connectivity index (χ0v) is 18.1. The van der Waals surface area contributed by atoms with Crippen LogP contribution in [0.5, 0.6) is 5.75 Å². The van der Waals surface area contributed by atoms with Crippen molar-refractivity contribution in [2.45, 2.75) is 16.6 Å². The lowest BCUT2D eigenvalue weighted by Gasteiger charge is -2.15. The van der Waals surface area contributed by atoms with Crippen LogP contribution in [0.4, 0.5) is 21.9 Å². The Morgan fingerprint density at radius 1 is 0.906 bits per heavy atom. The lowest BCUT2D eigenvalue weighted by Crippen LogP contribution is -2.31. The molecule has 4 rings (SSSR count). The molecule has 8 heteroatoms. The highest BCUT2D eigenvalue weighted by molar-refractivity contribution is 8.00. The highest BCUT2D eigenvalue weighted by Crippen LogP contribution is 2.34. The second-order valence-corrected chi connectivity index (χ2v) is 8.32. The van der Waals surface area contributed by atoms with Crippen LogP contribution in [0.3, 0.4) is 0 Å². The zero-order valence-electron chi connectivity index (χ0n) is 17.3. The number of nitrogens with one attached hydrogen (secondary N) is 2. The van der Waals surface area contributed by atoms with E-state index in [9.17, 15) is 14.4 Å². The number of methoxy groups -OCH3 is 1. The summed E-state index contributed by atoms with van der Waals surface area (Å²) in [5, 5.41) is 5.02. The van der Waals surface area contributed by atoms with Crippen LogP contribution in [0.2, 0.25) is 0 Å². The first-order valence-corrected chi connectivity index (χ1v) is 10.8. The number of imide groups is 1. The molecule has 32 heavy (non-hydrogen) atoms. The standard InChI is InChI=1S/C24H21N3O4S/c1-31-19-11-9-18(10-12-19)27-22(28)15-21(23(27)29)32-20-13-7-17(8-14-20)26-24(30)25-16-5-3-2-4-6-16/h2-14,21H,15H2,1H3,(H2,25,26,30)/t21-/m1/s1. The first-order valence-electron chi connectivity index (χ1n) is 9.94. The maximum Gasteiger partial charge on any atom is 0.323 e. The second kappa shape index (κ2) is 9.57. The summed E-state index contributed by atoms with van der Waals surface area (Å²) < 4.78 is 5.13. The van der Waals surface area contributed by atoms with Gasteiger partial charge in [-0.15, -0.1) is 11.8 Å². The van der Waals surface area contributed by atoms with Crippen molar-refractivity contribution in [3.8, 4) is 5.75 Å². The van der Waals surface area contributed by atoms with E-state index in [4.69, 9.17) is 4.74 Å². The van der Waals surface area contributed by atoms with E-state index in [1.807, 2.05) is 30.3 Å². The third-order valence-corrected chi connectivity index (χ3v) is 6.06. The number of anilines is 3. The molecule has 1 aliphatic rings. The van der Waals surface area contributed by atoms with Crippen molar-refractivity contribution in [2.24, 2.45) is 0 Å². The van der Waals surface area contributed by atoms with Gasteiger partial charge in [-0.2, -0.15) is 0 Å². The van der Waals surface area contributed by atoms with Gasteiger partial charge in [0.1, 0.15) is 5.75 Å². The topological polar surface area (TPSA) is 87.7 Å². The van der Waals surface area contributed by atoms with Gasteiger partial charge in [-0.05, 0) is 60.7 Å². The van der Waals surface area contributed by atoms with Crippen LogP contribution in [-0.2, 0) is 9.59 Å². The minimum absolute atomic E-state index is 0.134. The zero-order chi connectivity index (χ0) is 22.5. The number of thioether (sulfide) groups is 1. The van der Waals surface area contributed by atoms with Crippen LogP contribution in [0.1, 0.15) is 6.42 Å². The van der Waals surface area contributed by atoms with Crippen LogP contribution in [0, 0.1) is 0 Å². The van der Waals surface area contributed by atoms with E-state index in [2.05, 4.69) is 10.6 Å². The quantitative estimate of drug-likeness (QED) is 0.532. The Kier molecular flexibility index (Phi) is 6.42. The molecule has 7 nitrogen and oxygen atoms in total. The summed E-state index contributed by atoms with van der Waals surface area (Å²) in [5.41, 5.74) is 1.85. The number of hydrogen-bond acceptors (Lipinski definition) is 5. The molecule has 0 aromatic heterocycles. The summed E-state index contributed by atoms with van der Waals surface area (Å²) in [6.45, 7) is 0. The van der Waals surface area contributed by atoms with Gasteiger partial charge in [0.15, 0.2) is 0 Å². The third-order valence-electron chi connectivity index (χ3n) is 4.86. The van der Waals surface area contributed by atoms with Gasteiger partial charge >= 0.3 is 6.03 Å². The Hall–Kier alpha value is -3.78. The van der Waals surface area contributed by atoms with Crippen LogP contribution >= 0.6 is 11.8 Å². The fourth-order valence-electron chi connectivity index (χ4n) is 3.29. The largest absolute Gasteiger partial charge is 0.497 e. The van der Waals surface area contributed by atoms with Crippen molar-refractivity contribution in [1.82, 2.24) is 0 Å². The van der Waals surface area contributed by atoms with Crippen molar-refractivity contribution < 1.29 is 19.1 Å². The van der Waals surface area contributed by atoms with E-state index < -0.39 is 5.25 Å². The van der Waals surface area contributed by atoms with E-state index in [-0.39, 0.29) is 24.3 Å². The van der Waals surface area contributed by atoms with E-state index in [1.54, 1.807) is 55.6 Å². The maximum absolute atomic E-state index is 12.8. The lowest BCUT2D eigenvalue weighted by atomic mass is 10.3. The number of urea groups is 1. The summed E-state index contributed by atoms with van der Waals surface area (Å²) in [6.07, 6.45) is 0.134. The molecule has 0 saturated carbocycles. The summed E-state index contributed by atoms with van der Waals surface area (Å²) in [4.78, 5) is 39.5. The number of amides is 4. The molecule has 0 bridgehead atoms. The summed E-state index contributed by atoms with van der Waals surface area (Å²) in [7, 11) is 1.56. The second-order valence-electron chi connectivity index (χ2n) is 7.05. The van der Waals surface area contributed by atoms with Crippen molar-refractivity contribution >= 4 is 46.7 Å². The van der Waals surface area contributed by atoms with Crippen molar-refractivity contribution in [1.29, 1.82) is 0 Å². The molecule has 162 valence electrons. The minimum Gasteiger partial charge on any atom is -0.497 e. The fraction of sp³-hybridized carbons (Fsp3) is 0.125. The van der Waals surface area contributed by atoms with Gasteiger partial charge in [-0.3, -0.25) is 9.59 Å². The Morgan fingerprint density at radius 2 is 1.53 bits per heavy atom. The van der Waals surface area contributed by atoms with E-state index in [1.165, 1.54) is 16.7 Å². The molecular formula is C24H21N3O4S. The first kappa shape index (κ1) is 21.5. The Balaban J connectivity index is 1.36. The number of nitrogens with zero attached hydrogens (tertiary/aromatic N) is 1. The molecule has 2 N–H and O–H groups in total. The maximum atomic E-state index is 12.8. The monoisotopic (exact) mass is 447 g/mol. The van der Waals surface area contributed by atoms with Gasteiger partial charge in [0.2, 0.25) is 11.8 Å². The van der Waals surface area contributed by atoms with Gasteiger partial charge in [-0.25, -0.2) is 9.69 Å². The summed E-state index contributed by atoms with van der Waals surface area (Å²) in [6, 6.07) is 22.8. The van der Waals surface area contributed by atoms with Crippen molar-refractivity contribution in [3.63, 3.8) is 0 Å². The molecule has 3 aromatic carbocycles. The number of rotatable bonds is 6. The number of hydrogen-bond donors (Lipinski definition) is 2. The molecule has 0 spiro atoms. The molecule has 1 aliphatic heterocycles. The smallest absolute Gasteiger partial charge is 0.323 e. The van der Waals surface area contributed by atoms with Gasteiger partial charge in [0.25, 0.3) is 0 Å². The Labute approximate surface area is 189 Å². The minimum atomic E-state index is -0.496. The molecule has 1 heterocycles.